The van der Waals surface area contributed by atoms with E-state index in [4.69, 9.17) is 5.11 Å². The van der Waals surface area contributed by atoms with Crippen molar-refractivity contribution in [3.05, 3.63) is 30.3 Å². The summed E-state index contributed by atoms with van der Waals surface area (Å²) in [6.07, 6.45) is 2.81. The van der Waals surface area contributed by atoms with Crippen LogP contribution in [-0.2, 0) is 9.59 Å². The number of carbonyl (C=O) groups is 2. The van der Waals surface area contributed by atoms with Gasteiger partial charge < -0.3 is 10.0 Å². The van der Waals surface area contributed by atoms with Gasteiger partial charge in [0.2, 0.25) is 5.91 Å². The zero-order valence-electron chi connectivity index (χ0n) is 12.0. The average Bonchev–Trinajstić information content (AvgIpc) is 2.52. The number of rotatable bonds is 6. The van der Waals surface area contributed by atoms with Crippen LogP contribution in [0.5, 0.6) is 0 Å². The summed E-state index contributed by atoms with van der Waals surface area (Å²) < 4.78 is 0. The standard InChI is InChI=1S/C16H21NO3S/c18-15(17-10-4-6-13(12-17)16(19)20)9-5-11-21-14-7-2-1-3-8-14/h1-3,7-8,13H,4-6,9-12H2,(H,19,20)/t13-/m1/s1. The Balaban J connectivity index is 1.68. The molecule has 2 rings (SSSR count). The highest BCUT2D eigenvalue weighted by Gasteiger charge is 2.27. The first-order valence-electron chi connectivity index (χ1n) is 7.35. The normalized spacial score (nSPS) is 18.5. The fourth-order valence-corrected chi connectivity index (χ4v) is 3.37. The van der Waals surface area contributed by atoms with Crippen molar-refractivity contribution in [2.24, 2.45) is 5.92 Å². The second-order valence-corrected chi connectivity index (χ2v) is 6.45. The number of nitrogens with zero attached hydrogens (tertiary/aromatic N) is 1. The largest absolute Gasteiger partial charge is 0.481 e. The maximum absolute atomic E-state index is 12.1. The van der Waals surface area contributed by atoms with Gasteiger partial charge in [0, 0.05) is 24.4 Å². The first-order chi connectivity index (χ1) is 10.2. The van der Waals surface area contributed by atoms with Crippen LogP contribution in [0.4, 0.5) is 0 Å². The summed E-state index contributed by atoms with van der Waals surface area (Å²) in [5, 5.41) is 9.04. The van der Waals surface area contributed by atoms with Crippen molar-refractivity contribution in [3.8, 4) is 0 Å². The Morgan fingerprint density at radius 2 is 2.05 bits per heavy atom. The predicted octanol–water partition coefficient (Wildman–Crippen LogP) is 2.88. The SMILES string of the molecule is O=C(O)[C@@H]1CCCN(C(=O)CCCSc2ccccc2)C1. The number of hydrogen-bond donors (Lipinski definition) is 1. The molecule has 1 aromatic rings. The molecule has 0 unspecified atom stereocenters. The molecule has 0 spiro atoms. The van der Waals surface area contributed by atoms with E-state index < -0.39 is 5.97 Å². The second kappa shape index (κ2) is 8.08. The van der Waals surface area contributed by atoms with Crippen LogP contribution in [0.15, 0.2) is 35.2 Å². The molecule has 21 heavy (non-hydrogen) atoms. The van der Waals surface area contributed by atoms with E-state index in [1.807, 2.05) is 18.2 Å². The van der Waals surface area contributed by atoms with Crippen molar-refractivity contribution < 1.29 is 14.7 Å². The van der Waals surface area contributed by atoms with E-state index in [2.05, 4.69) is 12.1 Å². The number of thioether (sulfide) groups is 1. The summed E-state index contributed by atoms with van der Waals surface area (Å²) in [6, 6.07) is 10.1. The molecule has 4 nitrogen and oxygen atoms in total. The molecule has 5 heteroatoms. The van der Waals surface area contributed by atoms with Gasteiger partial charge in [-0.05, 0) is 37.1 Å². The maximum Gasteiger partial charge on any atom is 0.308 e. The van der Waals surface area contributed by atoms with Crippen LogP contribution < -0.4 is 0 Å². The Hall–Kier alpha value is -1.49. The molecule has 1 aliphatic heterocycles. The molecule has 1 fully saturated rings. The van der Waals surface area contributed by atoms with Crippen LogP contribution in [0, 0.1) is 5.92 Å². The highest BCUT2D eigenvalue weighted by Crippen LogP contribution is 2.20. The van der Waals surface area contributed by atoms with Crippen LogP contribution >= 0.6 is 11.8 Å². The summed E-state index contributed by atoms with van der Waals surface area (Å²) in [5.41, 5.74) is 0. The predicted molar refractivity (Wildman–Crippen MR) is 83.3 cm³/mol. The molecule has 0 aromatic heterocycles. The molecule has 1 aromatic carbocycles. The molecule has 0 saturated carbocycles. The Morgan fingerprint density at radius 1 is 1.29 bits per heavy atom. The van der Waals surface area contributed by atoms with Crippen LogP contribution in [0.25, 0.3) is 0 Å². The third-order valence-electron chi connectivity index (χ3n) is 3.67. The Bertz CT molecular complexity index is 478. The fourth-order valence-electron chi connectivity index (χ4n) is 2.49. The van der Waals surface area contributed by atoms with Gasteiger partial charge in [0.05, 0.1) is 5.92 Å². The lowest BCUT2D eigenvalue weighted by molar-refractivity contribution is -0.145. The lowest BCUT2D eigenvalue weighted by Crippen LogP contribution is -2.42. The Morgan fingerprint density at radius 3 is 2.76 bits per heavy atom. The van der Waals surface area contributed by atoms with Crippen LogP contribution in [0.1, 0.15) is 25.7 Å². The number of carbonyl (C=O) groups excluding carboxylic acids is 1. The van der Waals surface area contributed by atoms with E-state index in [0.29, 0.717) is 25.9 Å². The van der Waals surface area contributed by atoms with E-state index in [0.717, 1.165) is 18.6 Å². The smallest absolute Gasteiger partial charge is 0.308 e. The Labute approximate surface area is 129 Å². The molecule has 0 aliphatic carbocycles. The third-order valence-corrected chi connectivity index (χ3v) is 4.77. The van der Waals surface area contributed by atoms with Crippen LogP contribution in [0.3, 0.4) is 0 Å². The Kier molecular flexibility index (Phi) is 6.11. The quantitative estimate of drug-likeness (QED) is 0.648. The van der Waals surface area contributed by atoms with Crippen LogP contribution in [-0.4, -0.2) is 40.7 Å². The number of amides is 1. The van der Waals surface area contributed by atoms with Crippen molar-refractivity contribution in [3.63, 3.8) is 0 Å². The van der Waals surface area contributed by atoms with Gasteiger partial charge in [-0.15, -0.1) is 11.8 Å². The maximum atomic E-state index is 12.1. The van der Waals surface area contributed by atoms with E-state index in [9.17, 15) is 9.59 Å². The van der Waals surface area contributed by atoms with Gasteiger partial charge in [-0.3, -0.25) is 9.59 Å². The highest BCUT2D eigenvalue weighted by molar-refractivity contribution is 7.99. The zero-order valence-corrected chi connectivity index (χ0v) is 12.8. The van der Waals surface area contributed by atoms with E-state index >= 15 is 0 Å². The second-order valence-electron chi connectivity index (χ2n) is 5.28. The molecule has 1 aliphatic rings. The monoisotopic (exact) mass is 307 g/mol. The molecule has 1 amide bonds. The fraction of sp³-hybridized carbons (Fsp3) is 0.500. The van der Waals surface area contributed by atoms with E-state index in [1.54, 1.807) is 16.7 Å². The first kappa shape index (κ1) is 15.9. The molecule has 1 atom stereocenters. The highest BCUT2D eigenvalue weighted by atomic mass is 32.2. The van der Waals surface area contributed by atoms with Gasteiger partial charge in [0.1, 0.15) is 0 Å². The number of hydrogen-bond acceptors (Lipinski definition) is 3. The van der Waals surface area contributed by atoms with Gasteiger partial charge >= 0.3 is 5.97 Å². The first-order valence-corrected chi connectivity index (χ1v) is 8.34. The van der Waals surface area contributed by atoms with Gasteiger partial charge in [-0.2, -0.15) is 0 Å². The van der Waals surface area contributed by atoms with E-state index in [1.165, 1.54) is 4.90 Å². The minimum absolute atomic E-state index is 0.0922. The summed E-state index contributed by atoms with van der Waals surface area (Å²) in [7, 11) is 0. The number of benzene rings is 1. The summed E-state index contributed by atoms with van der Waals surface area (Å²) in [6.45, 7) is 1.08. The third kappa shape index (κ3) is 5.08. The molecule has 1 N–H and O–H groups in total. The number of carboxylic acid groups (broad SMARTS) is 1. The molecule has 1 heterocycles. The lowest BCUT2D eigenvalue weighted by Gasteiger charge is -2.30. The van der Waals surface area contributed by atoms with Crippen molar-refractivity contribution >= 4 is 23.6 Å². The van der Waals surface area contributed by atoms with E-state index in [-0.39, 0.29) is 11.8 Å². The van der Waals surface area contributed by atoms with Crippen molar-refractivity contribution in [2.45, 2.75) is 30.6 Å². The summed E-state index contributed by atoms with van der Waals surface area (Å²) >= 11 is 1.75. The lowest BCUT2D eigenvalue weighted by atomic mass is 9.98. The van der Waals surface area contributed by atoms with Crippen molar-refractivity contribution in [2.75, 3.05) is 18.8 Å². The summed E-state index contributed by atoms with van der Waals surface area (Å²) in [4.78, 5) is 26.0. The minimum Gasteiger partial charge on any atom is -0.481 e. The molecular formula is C16H21NO3S. The van der Waals surface area contributed by atoms with Crippen LogP contribution in [0.2, 0.25) is 0 Å². The zero-order chi connectivity index (χ0) is 15.1. The molecular weight excluding hydrogens is 286 g/mol. The van der Waals surface area contributed by atoms with Gasteiger partial charge in [0.15, 0.2) is 0 Å². The minimum atomic E-state index is -0.785. The number of likely N-dealkylation sites (tertiary alicyclic amines) is 1. The number of aliphatic carboxylic acids is 1. The van der Waals surface area contributed by atoms with Gasteiger partial charge in [-0.25, -0.2) is 0 Å². The van der Waals surface area contributed by atoms with Crippen molar-refractivity contribution in [1.29, 1.82) is 0 Å². The van der Waals surface area contributed by atoms with Crippen molar-refractivity contribution in [1.82, 2.24) is 4.90 Å². The number of piperidine rings is 1. The number of carboxylic acids is 1. The summed E-state index contributed by atoms with van der Waals surface area (Å²) in [5.74, 6) is -0.172. The molecule has 114 valence electrons. The molecule has 0 radical (unpaired) electrons. The molecule has 0 bridgehead atoms. The topological polar surface area (TPSA) is 57.6 Å². The average molecular weight is 307 g/mol. The van der Waals surface area contributed by atoms with Gasteiger partial charge in [-0.1, -0.05) is 18.2 Å². The molecule has 1 saturated heterocycles. The van der Waals surface area contributed by atoms with Gasteiger partial charge in [0.25, 0.3) is 0 Å².